The average Bonchev–Trinajstić information content (AvgIpc) is 2.94. The van der Waals surface area contributed by atoms with E-state index >= 15 is 0 Å². The van der Waals surface area contributed by atoms with Gasteiger partial charge in [0, 0.05) is 44.3 Å². The molecule has 6 heteroatoms. The van der Waals surface area contributed by atoms with Gasteiger partial charge in [0.05, 0.1) is 31.0 Å². The first-order valence-corrected chi connectivity index (χ1v) is 9.27. The molecule has 1 amide bonds. The summed E-state index contributed by atoms with van der Waals surface area (Å²) in [6, 6.07) is 0.386. The Kier molecular flexibility index (Phi) is 5.56. The van der Waals surface area contributed by atoms with Gasteiger partial charge in [0.25, 0.3) is 5.91 Å². The zero-order valence-corrected chi connectivity index (χ0v) is 15.2. The van der Waals surface area contributed by atoms with Crippen LogP contribution in [0.1, 0.15) is 48.8 Å². The molecule has 3 rings (SSSR count). The molecule has 0 spiro atoms. The minimum absolute atomic E-state index is 0.142. The molecule has 1 aromatic heterocycles. The smallest absolute Gasteiger partial charge is 0.257 e. The average molecular weight is 334 g/mol. The van der Waals surface area contributed by atoms with Crippen LogP contribution in [0.3, 0.4) is 0 Å². The molecule has 1 aromatic rings. The van der Waals surface area contributed by atoms with Crippen LogP contribution >= 0.6 is 0 Å². The molecule has 0 atom stereocenters. The number of amides is 1. The third-order valence-corrected chi connectivity index (χ3v) is 5.43. The first kappa shape index (κ1) is 17.4. The van der Waals surface area contributed by atoms with Crippen molar-refractivity contribution in [1.29, 1.82) is 0 Å². The molecule has 2 aliphatic rings. The fourth-order valence-corrected chi connectivity index (χ4v) is 3.81. The second-order valence-corrected chi connectivity index (χ2v) is 7.05. The maximum Gasteiger partial charge on any atom is 0.257 e. The number of rotatable bonds is 6. The lowest BCUT2D eigenvalue weighted by Crippen LogP contribution is -2.55. The molecule has 134 valence electrons. The zero-order chi connectivity index (χ0) is 17.1. The number of aromatic nitrogens is 2. The summed E-state index contributed by atoms with van der Waals surface area (Å²) in [5.41, 5.74) is 1.78. The van der Waals surface area contributed by atoms with Crippen LogP contribution in [-0.4, -0.2) is 71.4 Å². The van der Waals surface area contributed by atoms with Crippen LogP contribution in [0, 0.1) is 12.8 Å². The van der Waals surface area contributed by atoms with E-state index in [1.165, 1.54) is 0 Å². The van der Waals surface area contributed by atoms with Gasteiger partial charge in [-0.05, 0) is 19.8 Å². The van der Waals surface area contributed by atoms with E-state index in [1.54, 1.807) is 6.20 Å². The first-order valence-electron chi connectivity index (χ1n) is 9.27. The second kappa shape index (κ2) is 7.66. The van der Waals surface area contributed by atoms with Crippen molar-refractivity contribution in [3.8, 4) is 0 Å². The zero-order valence-electron chi connectivity index (χ0n) is 15.2. The van der Waals surface area contributed by atoms with Crippen molar-refractivity contribution in [2.75, 3.05) is 45.9 Å². The number of ether oxygens (including phenoxy) is 1. The quantitative estimate of drug-likeness (QED) is 0.798. The summed E-state index contributed by atoms with van der Waals surface area (Å²) in [5, 5.41) is 4.48. The molecule has 2 fully saturated rings. The predicted octanol–water partition coefficient (Wildman–Crippen LogP) is 1.96. The lowest BCUT2D eigenvalue weighted by molar-refractivity contribution is 0.00712. The Morgan fingerprint density at radius 2 is 1.96 bits per heavy atom. The lowest BCUT2D eigenvalue weighted by atomic mass is 9.98. The number of carbonyl (C=O) groups excluding carboxylic acids is 1. The van der Waals surface area contributed by atoms with Crippen LogP contribution in [0.25, 0.3) is 0 Å². The Balaban J connectivity index is 1.54. The van der Waals surface area contributed by atoms with Crippen LogP contribution in [0.5, 0.6) is 0 Å². The first-order chi connectivity index (χ1) is 11.6. The van der Waals surface area contributed by atoms with Crippen LogP contribution in [-0.2, 0) is 4.74 Å². The molecule has 0 N–H and O–H groups in total. The van der Waals surface area contributed by atoms with Crippen molar-refractivity contribution < 1.29 is 9.53 Å². The Morgan fingerprint density at radius 1 is 1.29 bits per heavy atom. The molecular weight excluding hydrogens is 304 g/mol. The van der Waals surface area contributed by atoms with Gasteiger partial charge in [0.2, 0.25) is 0 Å². The van der Waals surface area contributed by atoms with Crippen LogP contribution < -0.4 is 0 Å². The molecule has 0 radical (unpaired) electrons. The highest BCUT2D eigenvalue weighted by molar-refractivity contribution is 5.95. The van der Waals surface area contributed by atoms with E-state index in [2.05, 4.69) is 23.8 Å². The molecule has 0 unspecified atom stereocenters. The van der Waals surface area contributed by atoms with E-state index in [1.807, 2.05) is 16.5 Å². The lowest BCUT2D eigenvalue weighted by Gasteiger charge is -2.42. The summed E-state index contributed by atoms with van der Waals surface area (Å²) < 4.78 is 7.41. The highest BCUT2D eigenvalue weighted by atomic mass is 16.5. The number of hydrogen-bond acceptors (Lipinski definition) is 4. The number of likely N-dealkylation sites (tertiary alicyclic amines) is 1. The second-order valence-electron chi connectivity index (χ2n) is 7.05. The molecule has 2 saturated heterocycles. The van der Waals surface area contributed by atoms with Crippen LogP contribution in [0.15, 0.2) is 6.20 Å². The fraction of sp³-hybridized carbons (Fsp3) is 0.778. The van der Waals surface area contributed by atoms with Crippen molar-refractivity contribution in [2.24, 2.45) is 5.92 Å². The van der Waals surface area contributed by atoms with Crippen molar-refractivity contribution in [1.82, 2.24) is 19.6 Å². The van der Waals surface area contributed by atoms with Gasteiger partial charge >= 0.3 is 0 Å². The standard InChI is InChI=1S/C18H30N4O2/c1-4-16(5-2)22-14(3)17(10-19-22)18(23)21-12-15(13-21)11-20-6-8-24-9-7-20/h10,15-16H,4-9,11-13H2,1-3H3. The van der Waals surface area contributed by atoms with E-state index in [4.69, 9.17) is 4.74 Å². The Labute approximate surface area is 144 Å². The molecule has 0 saturated carbocycles. The molecule has 3 heterocycles. The normalized spacial score (nSPS) is 19.8. The minimum Gasteiger partial charge on any atom is -0.379 e. The van der Waals surface area contributed by atoms with Gasteiger partial charge in [-0.3, -0.25) is 14.4 Å². The molecule has 0 aromatic carbocycles. The SMILES string of the molecule is CCC(CC)n1ncc(C(=O)N2CC(CN3CCOCC3)C2)c1C. The van der Waals surface area contributed by atoms with E-state index in [-0.39, 0.29) is 5.91 Å². The van der Waals surface area contributed by atoms with Gasteiger partial charge in [0.15, 0.2) is 0 Å². The monoisotopic (exact) mass is 334 g/mol. The van der Waals surface area contributed by atoms with Gasteiger partial charge in [-0.15, -0.1) is 0 Å². The largest absolute Gasteiger partial charge is 0.379 e. The van der Waals surface area contributed by atoms with E-state index in [9.17, 15) is 4.79 Å². The van der Waals surface area contributed by atoms with Crippen molar-refractivity contribution in [3.05, 3.63) is 17.5 Å². The maximum atomic E-state index is 12.7. The molecular formula is C18H30N4O2. The molecule has 2 aliphatic heterocycles. The third-order valence-electron chi connectivity index (χ3n) is 5.43. The number of morpholine rings is 1. The van der Waals surface area contributed by atoms with Crippen molar-refractivity contribution in [3.63, 3.8) is 0 Å². The predicted molar refractivity (Wildman–Crippen MR) is 93.2 cm³/mol. The fourth-order valence-electron chi connectivity index (χ4n) is 3.81. The summed E-state index contributed by atoms with van der Waals surface area (Å²) in [6.45, 7) is 12.9. The van der Waals surface area contributed by atoms with E-state index < -0.39 is 0 Å². The van der Waals surface area contributed by atoms with E-state index in [0.717, 1.165) is 70.0 Å². The molecule has 0 bridgehead atoms. The third kappa shape index (κ3) is 3.49. The number of nitrogens with zero attached hydrogens (tertiary/aromatic N) is 4. The molecule has 6 nitrogen and oxygen atoms in total. The van der Waals surface area contributed by atoms with Crippen LogP contribution in [0.2, 0.25) is 0 Å². The number of carbonyl (C=O) groups is 1. The molecule has 0 aliphatic carbocycles. The van der Waals surface area contributed by atoms with Gasteiger partial charge in [0.1, 0.15) is 0 Å². The minimum atomic E-state index is 0.142. The Bertz CT molecular complexity index is 555. The highest BCUT2D eigenvalue weighted by Crippen LogP contribution is 2.24. The van der Waals surface area contributed by atoms with Gasteiger partial charge in [-0.1, -0.05) is 13.8 Å². The van der Waals surface area contributed by atoms with Gasteiger partial charge in [-0.2, -0.15) is 5.10 Å². The Morgan fingerprint density at radius 3 is 2.58 bits per heavy atom. The highest BCUT2D eigenvalue weighted by Gasteiger charge is 2.34. The summed E-state index contributed by atoms with van der Waals surface area (Å²) in [6.07, 6.45) is 3.83. The topological polar surface area (TPSA) is 50.6 Å². The number of hydrogen-bond donors (Lipinski definition) is 0. The summed E-state index contributed by atoms with van der Waals surface area (Å²) in [5.74, 6) is 0.740. The van der Waals surface area contributed by atoms with Gasteiger partial charge in [-0.25, -0.2) is 0 Å². The van der Waals surface area contributed by atoms with Crippen molar-refractivity contribution in [2.45, 2.75) is 39.7 Å². The summed E-state index contributed by atoms with van der Waals surface area (Å²) in [7, 11) is 0. The van der Waals surface area contributed by atoms with Crippen molar-refractivity contribution >= 4 is 5.91 Å². The summed E-state index contributed by atoms with van der Waals surface area (Å²) in [4.78, 5) is 17.2. The van der Waals surface area contributed by atoms with E-state index in [0.29, 0.717) is 12.0 Å². The maximum absolute atomic E-state index is 12.7. The van der Waals surface area contributed by atoms with Crippen LogP contribution in [0.4, 0.5) is 0 Å². The summed E-state index contributed by atoms with van der Waals surface area (Å²) >= 11 is 0. The Hall–Kier alpha value is -1.40. The molecule has 24 heavy (non-hydrogen) atoms. The van der Waals surface area contributed by atoms with Gasteiger partial charge < -0.3 is 9.64 Å².